The van der Waals surface area contributed by atoms with Gasteiger partial charge in [0.05, 0.1) is 4.90 Å². The molecule has 4 nitrogen and oxygen atoms in total. The molecule has 0 aromatic heterocycles. The zero-order chi connectivity index (χ0) is 13.9. The van der Waals surface area contributed by atoms with Gasteiger partial charge in [0.2, 0.25) is 10.0 Å². The molecule has 0 radical (unpaired) electrons. The first-order valence-corrected chi connectivity index (χ1v) is 8.33. The Hall–Kier alpha value is -1.07. The number of anilines is 1. The lowest BCUT2D eigenvalue weighted by molar-refractivity contribution is 0.395. The van der Waals surface area contributed by atoms with E-state index in [9.17, 15) is 8.42 Å². The monoisotopic (exact) mass is 282 g/mol. The van der Waals surface area contributed by atoms with Gasteiger partial charge in [0.15, 0.2) is 0 Å². The Kier molecular flexibility index (Phi) is 4.47. The summed E-state index contributed by atoms with van der Waals surface area (Å²) in [6.07, 6.45) is 3.72. The normalized spacial score (nSPS) is 17.7. The van der Waals surface area contributed by atoms with Crippen LogP contribution < -0.4 is 9.62 Å². The van der Waals surface area contributed by atoms with Crippen molar-refractivity contribution in [1.29, 1.82) is 0 Å². The first-order chi connectivity index (χ1) is 9.06. The number of hydrogen-bond donors (Lipinski definition) is 1. The van der Waals surface area contributed by atoms with E-state index in [1.807, 2.05) is 12.1 Å². The zero-order valence-corrected chi connectivity index (χ0v) is 12.4. The first kappa shape index (κ1) is 14.3. The van der Waals surface area contributed by atoms with Crippen LogP contribution in [0.15, 0.2) is 29.2 Å². The molecule has 1 aliphatic rings. The number of piperidine rings is 1. The van der Waals surface area contributed by atoms with Gasteiger partial charge >= 0.3 is 0 Å². The van der Waals surface area contributed by atoms with E-state index >= 15 is 0 Å². The smallest absolute Gasteiger partial charge is 0.240 e. The maximum atomic E-state index is 11.6. The molecule has 0 unspecified atom stereocenters. The molecule has 1 saturated heterocycles. The fourth-order valence-corrected chi connectivity index (χ4v) is 3.28. The van der Waals surface area contributed by atoms with Gasteiger partial charge in [0.1, 0.15) is 0 Å². The van der Waals surface area contributed by atoms with Gasteiger partial charge in [-0.15, -0.1) is 0 Å². The quantitative estimate of drug-likeness (QED) is 0.921. The molecular weight excluding hydrogens is 260 g/mol. The lowest BCUT2D eigenvalue weighted by atomic mass is 9.94. The third kappa shape index (κ3) is 3.28. The molecule has 0 bridgehead atoms. The topological polar surface area (TPSA) is 49.4 Å². The molecular formula is C14H22N2O2S. The Labute approximate surface area is 115 Å². The van der Waals surface area contributed by atoms with Gasteiger partial charge < -0.3 is 4.90 Å². The lowest BCUT2D eigenvalue weighted by Gasteiger charge is -2.33. The van der Waals surface area contributed by atoms with Crippen molar-refractivity contribution in [2.45, 2.75) is 31.1 Å². The summed E-state index contributed by atoms with van der Waals surface area (Å²) in [5.41, 5.74) is 1.12. The highest BCUT2D eigenvalue weighted by Crippen LogP contribution is 2.25. The number of hydrogen-bond acceptors (Lipinski definition) is 3. The van der Waals surface area contributed by atoms with Crippen LogP contribution in [-0.2, 0) is 10.0 Å². The van der Waals surface area contributed by atoms with Gasteiger partial charge in [0.25, 0.3) is 0 Å². The van der Waals surface area contributed by atoms with E-state index in [0.717, 1.165) is 24.7 Å². The fraction of sp³-hybridized carbons (Fsp3) is 0.571. The van der Waals surface area contributed by atoms with Crippen molar-refractivity contribution in [1.82, 2.24) is 4.72 Å². The van der Waals surface area contributed by atoms with E-state index in [2.05, 4.69) is 16.5 Å². The number of nitrogens with one attached hydrogen (secondary N) is 1. The maximum absolute atomic E-state index is 11.6. The van der Waals surface area contributed by atoms with E-state index < -0.39 is 10.0 Å². The number of nitrogens with zero attached hydrogens (tertiary/aromatic N) is 1. The van der Waals surface area contributed by atoms with Gasteiger partial charge in [-0.1, -0.05) is 13.3 Å². The molecule has 0 saturated carbocycles. The minimum absolute atomic E-state index is 0.321. The first-order valence-electron chi connectivity index (χ1n) is 6.85. The molecule has 0 aliphatic carbocycles. The van der Waals surface area contributed by atoms with Gasteiger partial charge in [-0.25, -0.2) is 13.1 Å². The molecule has 0 amide bonds. The Morgan fingerprint density at radius 2 is 1.79 bits per heavy atom. The van der Waals surface area contributed by atoms with Crippen molar-refractivity contribution >= 4 is 15.7 Å². The van der Waals surface area contributed by atoms with Crippen LogP contribution in [0.25, 0.3) is 0 Å². The summed E-state index contributed by atoms with van der Waals surface area (Å²) in [5.74, 6) is 0.847. The standard InChI is InChI=1S/C14H22N2O2S/c1-3-12-8-10-16(11-9-12)13-4-6-14(7-5-13)19(17,18)15-2/h4-7,12,15H,3,8-11H2,1-2H3. The molecule has 1 aliphatic heterocycles. The van der Waals surface area contributed by atoms with Gasteiger partial charge in [0, 0.05) is 18.8 Å². The highest BCUT2D eigenvalue weighted by molar-refractivity contribution is 7.89. The van der Waals surface area contributed by atoms with Gasteiger partial charge in [-0.3, -0.25) is 0 Å². The van der Waals surface area contributed by atoms with E-state index in [0.29, 0.717) is 4.90 Å². The summed E-state index contributed by atoms with van der Waals surface area (Å²) in [5, 5.41) is 0. The third-order valence-corrected chi connectivity index (χ3v) is 5.40. The summed E-state index contributed by atoms with van der Waals surface area (Å²) in [4.78, 5) is 2.66. The van der Waals surface area contributed by atoms with Crippen molar-refractivity contribution in [3.63, 3.8) is 0 Å². The Morgan fingerprint density at radius 3 is 2.26 bits per heavy atom. The molecule has 1 aromatic rings. The SMILES string of the molecule is CCC1CCN(c2ccc(S(=O)(=O)NC)cc2)CC1. The predicted molar refractivity (Wildman–Crippen MR) is 77.9 cm³/mol. The van der Waals surface area contributed by atoms with Crippen LogP contribution in [0.5, 0.6) is 0 Å². The second kappa shape index (κ2) is 5.92. The molecule has 5 heteroatoms. The third-order valence-electron chi connectivity index (χ3n) is 3.97. The fourth-order valence-electron chi connectivity index (χ4n) is 2.55. The molecule has 1 heterocycles. The second-order valence-corrected chi connectivity index (χ2v) is 6.93. The van der Waals surface area contributed by atoms with Crippen LogP contribution in [0.4, 0.5) is 5.69 Å². The van der Waals surface area contributed by atoms with Crippen LogP contribution >= 0.6 is 0 Å². The maximum Gasteiger partial charge on any atom is 0.240 e. The van der Waals surface area contributed by atoms with Crippen molar-refractivity contribution in [3.8, 4) is 0 Å². The second-order valence-electron chi connectivity index (χ2n) is 5.04. The highest BCUT2D eigenvalue weighted by Gasteiger charge is 2.18. The molecule has 19 heavy (non-hydrogen) atoms. The summed E-state index contributed by atoms with van der Waals surface area (Å²) in [6, 6.07) is 7.15. The molecule has 0 spiro atoms. The van der Waals surface area contributed by atoms with Crippen molar-refractivity contribution in [2.24, 2.45) is 5.92 Å². The van der Waals surface area contributed by atoms with E-state index in [1.165, 1.54) is 26.3 Å². The Bertz CT molecular complexity index is 503. The summed E-state index contributed by atoms with van der Waals surface area (Å²) in [7, 11) is -1.90. The zero-order valence-electron chi connectivity index (χ0n) is 11.6. The van der Waals surface area contributed by atoms with Crippen LogP contribution in [0.3, 0.4) is 0 Å². The number of benzene rings is 1. The average molecular weight is 282 g/mol. The van der Waals surface area contributed by atoms with E-state index in [-0.39, 0.29) is 0 Å². The predicted octanol–water partition coefficient (Wildman–Crippen LogP) is 2.22. The molecule has 1 fully saturated rings. The molecule has 106 valence electrons. The lowest BCUT2D eigenvalue weighted by Crippen LogP contribution is -2.33. The Morgan fingerprint density at radius 1 is 1.21 bits per heavy atom. The van der Waals surface area contributed by atoms with Crippen LogP contribution in [0.2, 0.25) is 0 Å². The van der Waals surface area contributed by atoms with Crippen LogP contribution in [0.1, 0.15) is 26.2 Å². The molecule has 2 rings (SSSR count). The number of sulfonamides is 1. The minimum Gasteiger partial charge on any atom is -0.372 e. The minimum atomic E-state index is -3.33. The molecule has 1 N–H and O–H groups in total. The van der Waals surface area contributed by atoms with E-state index in [1.54, 1.807) is 12.1 Å². The van der Waals surface area contributed by atoms with Gasteiger partial charge in [-0.2, -0.15) is 0 Å². The van der Waals surface area contributed by atoms with Crippen LogP contribution in [0, 0.1) is 5.92 Å². The van der Waals surface area contributed by atoms with Gasteiger partial charge in [-0.05, 0) is 50.1 Å². The van der Waals surface area contributed by atoms with E-state index in [4.69, 9.17) is 0 Å². The van der Waals surface area contributed by atoms with Crippen molar-refractivity contribution < 1.29 is 8.42 Å². The summed E-state index contributed by atoms with van der Waals surface area (Å²) in [6.45, 7) is 4.38. The molecule has 0 atom stereocenters. The van der Waals surface area contributed by atoms with Crippen LogP contribution in [-0.4, -0.2) is 28.6 Å². The summed E-state index contributed by atoms with van der Waals surface area (Å²) >= 11 is 0. The average Bonchev–Trinajstić information content (AvgIpc) is 2.47. The van der Waals surface area contributed by atoms with Crippen molar-refractivity contribution in [2.75, 3.05) is 25.0 Å². The summed E-state index contributed by atoms with van der Waals surface area (Å²) < 4.78 is 25.6. The number of rotatable bonds is 4. The largest absolute Gasteiger partial charge is 0.372 e. The highest BCUT2D eigenvalue weighted by atomic mass is 32.2. The van der Waals surface area contributed by atoms with Crippen molar-refractivity contribution in [3.05, 3.63) is 24.3 Å². The molecule has 1 aromatic carbocycles. The Balaban J connectivity index is 2.07.